The molecule has 5 nitrogen and oxygen atoms in total. The highest BCUT2D eigenvalue weighted by molar-refractivity contribution is 7.16. The Morgan fingerprint density at radius 1 is 1.19 bits per heavy atom. The summed E-state index contributed by atoms with van der Waals surface area (Å²) in [5, 5.41) is 3.75. The lowest BCUT2D eigenvalue weighted by Gasteiger charge is -2.07. The van der Waals surface area contributed by atoms with Gasteiger partial charge in [0.1, 0.15) is 11.5 Å². The normalized spacial score (nSPS) is 10.4. The summed E-state index contributed by atoms with van der Waals surface area (Å²) in [6.07, 6.45) is 0. The number of rotatable bonds is 6. The van der Waals surface area contributed by atoms with E-state index in [0.29, 0.717) is 15.9 Å². The first-order chi connectivity index (χ1) is 12.6. The number of hydrogen-bond acceptors (Lipinski definition) is 5. The molecule has 0 aliphatic heterocycles. The summed E-state index contributed by atoms with van der Waals surface area (Å²) in [5.41, 5.74) is 1.80. The zero-order valence-corrected chi connectivity index (χ0v) is 15.9. The van der Waals surface area contributed by atoms with E-state index in [1.54, 1.807) is 31.4 Å². The van der Waals surface area contributed by atoms with E-state index in [2.05, 4.69) is 10.3 Å². The average molecular weight is 389 g/mol. The predicted molar refractivity (Wildman–Crippen MR) is 104 cm³/mol. The van der Waals surface area contributed by atoms with Crippen molar-refractivity contribution in [2.24, 2.45) is 0 Å². The topological polar surface area (TPSA) is 60.5 Å². The maximum absolute atomic E-state index is 12.1. The van der Waals surface area contributed by atoms with Crippen LogP contribution in [-0.4, -0.2) is 24.6 Å². The summed E-state index contributed by atoms with van der Waals surface area (Å²) >= 11 is 7.42. The summed E-state index contributed by atoms with van der Waals surface area (Å²) in [4.78, 5) is 17.6. The van der Waals surface area contributed by atoms with Crippen molar-refractivity contribution in [3.8, 4) is 22.8 Å². The third-order valence-electron chi connectivity index (χ3n) is 3.60. The first kappa shape index (κ1) is 18.2. The number of benzene rings is 2. The molecule has 0 spiro atoms. The molecule has 7 heteroatoms. The maximum atomic E-state index is 12.1. The Balaban J connectivity index is 1.65. The van der Waals surface area contributed by atoms with Gasteiger partial charge in [-0.25, -0.2) is 4.98 Å². The maximum Gasteiger partial charge on any atom is 0.264 e. The lowest BCUT2D eigenvalue weighted by atomic mass is 10.1. The molecule has 3 aromatic rings. The molecule has 0 radical (unpaired) electrons. The predicted octanol–water partition coefficient (Wildman–Crippen LogP) is 4.80. The van der Waals surface area contributed by atoms with Gasteiger partial charge in [0, 0.05) is 10.4 Å². The second kappa shape index (κ2) is 8.21. The van der Waals surface area contributed by atoms with E-state index in [4.69, 9.17) is 21.1 Å². The number of nitrogens with one attached hydrogen (secondary N) is 1. The van der Waals surface area contributed by atoms with Crippen LogP contribution in [0.15, 0.2) is 48.5 Å². The fraction of sp³-hybridized carbons (Fsp3) is 0.158. The Morgan fingerprint density at radius 3 is 2.62 bits per heavy atom. The molecule has 0 atom stereocenters. The molecule has 1 N–H and O–H groups in total. The van der Waals surface area contributed by atoms with Gasteiger partial charge in [-0.15, -0.1) is 11.3 Å². The summed E-state index contributed by atoms with van der Waals surface area (Å²) in [6, 6.07) is 14.7. The van der Waals surface area contributed by atoms with E-state index in [-0.39, 0.29) is 12.5 Å². The number of nitrogens with zero attached hydrogens (tertiary/aromatic N) is 1. The number of anilines is 1. The SMILES string of the molecule is COc1ccc(-c2nc(NC(=O)COc3ccccc3Cl)sc2C)cc1. The minimum Gasteiger partial charge on any atom is -0.497 e. The number of methoxy groups -OCH3 is 1. The van der Waals surface area contributed by atoms with Crippen LogP contribution in [-0.2, 0) is 4.79 Å². The van der Waals surface area contributed by atoms with Gasteiger partial charge in [0.05, 0.1) is 17.8 Å². The molecule has 0 aliphatic rings. The van der Waals surface area contributed by atoms with Gasteiger partial charge in [-0.1, -0.05) is 23.7 Å². The number of hydrogen-bond donors (Lipinski definition) is 1. The summed E-state index contributed by atoms with van der Waals surface area (Å²) in [6.45, 7) is 1.83. The van der Waals surface area contributed by atoms with Gasteiger partial charge >= 0.3 is 0 Å². The molecule has 1 amide bonds. The van der Waals surface area contributed by atoms with Gasteiger partial charge in [0.15, 0.2) is 11.7 Å². The highest BCUT2D eigenvalue weighted by atomic mass is 35.5. The molecule has 0 saturated heterocycles. The average Bonchev–Trinajstić information content (AvgIpc) is 3.01. The first-order valence-corrected chi connectivity index (χ1v) is 9.05. The van der Waals surface area contributed by atoms with Crippen LogP contribution in [0.3, 0.4) is 0 Å². The fourth-order valence-corrected chi connectivity index (χ4v) is 3.37. The van der Waals surface area contributed by atoms with Crippen molar-refractivity contribution in [2.45, 2.75) is 6.92 Å². The van der Waals surface area contributed by atoms with Crippen LogP contribution < -0.4 is 14.8 Å². The van der Waals surface area contributed by atoms with Gasteiger partial charge in [0.2, 0.25) is 0 Å². The Morgan fingerprint density at radius 2 is 1.92 bits per heavy atom. The summed E-state index contributed by atoms with van der Waals surface area (Å²) in [7, 11) is 1.63. The van der Waals surface area contributed by atoms with Crippen LogP contribution in [0.25, 0.3) is 11.3 Å². The fourth-order valence-electron chi connectivity index (χ4n) is 2.33. The highest BCUT2D eigenvalue weighted by Gasteiger charge is 2.13. The Labute approximate surface area is 160 Å². The number of aromatic nitrogens is 1. The third kappa shape index (κ3) is 4.33. The van der Waals surface area contributed by atoms with Gasteiger partial charge in [0.25, 0.3) is 5.91 Å². The van der Waals surface area contributed by atoms with Crippen LogP contribution in [0.5, 0.6) is 11.5 Å². The Bertz CT molecular complexity index is 909. The number of para-hydroxylation sites is 1. The van der Waals surface area contributed by atoms with E-state index >= 15 is 0 Å². The quantitative estimate of drug-likeness (QED) is 0.659. The van der Waals surface area contributed by atoms with Crippen molar-refractivity contribution in [3.05, 3.63) is 58.4 Å². The first-order valence-electron chi connectivity index (χ1n) is 7.86. The lowest BCUT2D eigenvalue weighted by Crippen LogP contribution is -2.20. The number of aryl methyl sites for hydroxylation is 1. The van der Waals surface area contributed by atoms with Crippen molar-refractivity contribution in [1.29, 1.82) is 0 Å². The molecule has 0 bridgehead atoms. The van der Waals surface area contributed by atoms with Crippen LogP contribution in [0.2, 0.25) is 5.02 Å². The lowest BCUT2D eigenvalue weighted by molar-refractivity contribution is -0.118. The second-order valence-corrected chi connectivity index (χ2v) is 7.03. The monoisotopic (exact) mass is 388 g/mol. The number of halogens is 1. The van der Waals surface area contributed by atoms with E-state index in [9.17, 15) is 4.79 Å². The number of ether oxygens (including phenoxy) is 2. The number of carbonyl (C=O) groups is 1. The summed E-state index contributed by atoms with van der Waals surface area (Å²) < 4.78 is 10.6. The van der Waals surface area contributed by atoms with Crippen LogP contribution in [0, 0.1) is 6.92 Å². The van der Waals surface area contributed by atoms with Crippen molar-refractivity contribution in [1.82, 2.24) is 4.98 Å². The molecule has 2 aromatic carbocycles. The van der Waals surface area contributed by atoms with E-state index in [1.807, 2.05) is 31.2 Å². The smallest absolute Gasteiger partial charge is 0.264 e. The standard InChI is InChI=1S/C19H17ClN2O3S/c1-12-18(13-7-9-14(24-2)10-8-13)22-19(26-12)21-17(23)11-25-16-6-4-3-5-15(16)20/h3-10H,11H2,1-2H3,(H,21,22,23). The molecule has 0 aliphatic carbocycles. The number of amides is 1. The third-order valence-corrected chi connectivity index (χ3v) is 4.80. The molecular formula is C19H17ClN2O3S. The number of carbonyl (C=O) groups excluding carboxylic acids is 1. The van der Waals surface area contributed by atoms with E-state index in [1.165, 1.54) is 11.3 Å². The van der Waals surface area contributed by atoms with Crippen molar-refractivity contribution in [3.63, 3.8) is 0 Å². The molecular weight excluding hydrogens is 372 g/mol. The zero-order chi connectivity index (χ0) is 18.5. The molecule has 0 saturated carbocycles. The van der Waals surface area contributed by atoms with Crippen molar-refractivity contribution in [2.75, 3.05) is 19.0 Å². The van der Waals surface area contributed by atoms with Crippen LogP contribution >= 0.6 is 22.9 Å². The van der Waals surface area contributed by atoms with E-state index < -0.39 is 0 Å². The highest BCUT2D eigenvalue weighted by Crippen LogP contribution is 2.31. The minimum atomic E-state index is -0.292. The second-order valence-electron chi connectivity index (χ2n) is 5.42. The zero-order valence-electron chi connectivity index (χ0n) is 14.3. The summed E-state index contributed by atoms with van der Waals surface area (Å²) in [5.74, 6) is 0.963. The molecule has 134 valence electrons. The van der Waals surface area contributed by atoms with Gasteiger partial charge in [-0.05, 0) is 43.3 Å². The van der Waals surface area contributed by atoms with Gasteiger partial charge in [-0.2, -0.15) is 0 Å². The minimum absolute atomic E-state index is 0.139. The molecule has 3 rings (SSSR count). The van der Waals surface area contributed by atoms with Gasteiger partial charge < -0.3 is 9.47 Å². The Hall–Kier alpha value is -2.57. The van der Waals surface area contributed by atoms with Crippen molar-refractivity contribution >= 4 is 34.0 Å². The molecule has 1 heterocycles. The molecule has 0 fully saturated rings. The number of thiazole rings is 1. The van der Waals surface area contributed by atoms with Gasteiger partial charge in [-0.3, -0.25) is 10.1 Å². The molecule has 1 aromatic heterocycles. The van der Waals surface area contributed by atoms with E-state index in [0.717, 1.165) is 21.9 Å². The Kier molecular flexibility index (Phi) is 5.75. The van der Waals surface area contributed by atoms with Crippen LogP contribution in [0.4, 0.5) is 5.13 Å². The largest absolute Gasteiger partial charge is 0.497 e. The van der Waals surface area contributed by atoms with Crippen LogP contribution in [0.1, 0.15) is 4.88 Å². The molecule has 0 unspecified atom stereocenters. The van der Waals surface area contributed by atoms with Crippen molar-refractivity contribution < 1.29 is 14.3 Å². The molecule has 26 heavy (non-hydrogen) atoms.